The van der Waals surface area contributed by atoms with Crippen molar-refractivity contribution in [1.82, 2.24) is 10.6 Å². The van der Waals surface area contributed by atoms with Gasteiger partial charge in [0.25, 0.3) is 5.91 Å². The lowest BCUT2D eigenvalue weighted by Gasteiger charge is -2.21. The molecule has 1 aliphatic carbocycles. The number of hydrogen-bond donors (Lipinski definition) is 2. The van der Waals surface area contributed by atoms with Crippen LogP contribution in [0.25, 0.3) is 0 Å². The average Bonchev–Trinajstić information content (AvgIpc) is 2.62. The molecule has 0 unspecified atom stereocenters. The molecule has 1 fully saturated rings. The Kier molecular flexibility index (Phi) is 7.92. The molecule has 0 aromatic heterocycles. The van der Waals surface area contributed by atoms with Crippen molar-refractivity contribution in [2.75, 3.05) is 19.7 Å². The van der Waals surface area contributed by atoms with Crippen molar-refractivity contribution < 1.29 is 14.3 Å². The van der Waals surface area contributed by atoms with Crippen molar-refractivity contribution in [3.05, 3.63) is 34.9 Å². The lowest BCUT2D eigenvalue weighted by Crippen LogP contribution is -2.37. The summed E-state index contributed by atoms with van der Waals surface area (Å²) in [5, 5.41) is 5.47. The summed E-state index contributed by atoms with van der Waals surface area (Å²) in [6, 6.07) is 5.53. The first-order valence-corrected chi connectivity index (χ1v) is 9.30. The third-order valence-electron chi connectivity index (χ3n) is 4.73. The minimum absolute atomic E-state index is 0.00472. The second-order valence-electron chi connectivity index (χ2n) is 6.82. The van der Waals surface area contributed by atoms with Gasteiger partial charge in [0.2, 0.25) is 5.91 Å². The summed E-state index contributed by atoms with van der Waals surface area (Å²) in [5.74, 6) is -0.395. The number of hydrogen-bond acceptors (Lipinski definition) is 3. The zero-order chi connectivity index (χ0) is 18.1. The van der Waals surface area contributed by atoms with Gasteiger partial charge in [-0.2, -0.15) is 0 Å². The second-order valence-corrected chi connectivity index (χ2v) is 6.82. The molecule has 2 N–H and O–H groups in total. The number of rotatable bonds is 8. The zero-order valence-corrected chi connectivity index (χ0v) is 15.4. The molecule has 0 spiro atoms. The van der Waals surface area contributed by atoms with Gasteiger partial charge in [0.1, 0.15) is 0 Å². The topological polar surface area (TPSA) is 67.4 Å². The van der Waals surface area contributed by atoms with Gasteiger partial charge in [-0.05, 0) is 56.4 Å². The van der Waals surface area contributed by atoms with Crippen LogP contribution in [0, 0.1) is 13.8 Å². The third-order valence-corrected chi connectivity index (χ3v) is 4.73. The highest BCUT2D eigenvalue weighted by Crippen LogP contribution is 2.20. The van der Waals surface area contributed by atoms with E-state index in [9.17, 15) is 9.59 Å². The Hall–Kier alpha value is -1.88. The van der Waals surface area contributed by atoms with Crippen molar-refractivity contribution >= 4 is 11.8 Å². The highest BCUT2D eigenvalue weighted by atomic mass is 16.5. The van der Waals surface area contributed by atoms with Crippen molar-refractivity contribution in [3.63, 3.8) is 0 Å². The van der Waals surface area contributed by atoms with E-state index in [0.717, 1.165) is 30.4 Å². The molecule has 0 saturated heterocycles. The van der Waals surface area contributed by atoms with Crippen LogP contribution in [0.15, 0.2) is 18.2 Å². The van der Waals surface area contributed by atoms with Crippen LogP contribution in [-0.4, -0.2) is 37.6 Å². The Morgan fingerprint density at radius 2 is 1.84 bits per heavy atom. The Labute approximate surface area is 150 Å². The molecule has 5 nitrogen and oxygen atoms in total. The van der Waals surface area contributed by atoms with Crippen LogP contribution in [0.5, 0.6) is 0 Å². The maximum Gasteiger partial charge on any atom is 0.251 e. The Morgan fingerprint density at radius 1 is 1.08 bits per heavy atom. The van der Waals surface area contributed by atoms with Crippen molar-refractivity contribution in [1.29, 1.82) is 0 Å². The second kappa shape index (κ2) is 10.2. The van der Waals surface area contributed by atoms with Crippen molar-refractivity contribution in [2.24, 2.45) is 0 Å². The van der Waals surface area contributed by atoms with E-state index in [2.05, 4.69) is 10.6 Å². The maximum absolute atomic E-state index is 12.1. The molecule has 25 heavy (non-hydrogen) atoms. The van der Waals surface area contributed by atoms with E-state index in [1.54, 1.807) is 6.07 Å². The van der Waals surface area contributed by atoms with Crippen molar-refractivity contribution in [2.45, 2.75) is 58.5 Å². The predicted octanol–water partition coefficient (Wildman–Crippen LogP) is 2.89. The number of benzene rings is 1. The standard InChI is InChI=1S/C20H30N2O3/c1-15-9-10-17(13-16(15)2)20(24)22-14-19(23)21-11-6-12-25-18-7-4-3-5-8-18/h9-10,13,18H,3-8,11-12,14H2,1-2H3,(H,21,23)(H,22,24). The molecule has 0 radical (unpaired) electrons. The van der Waals surface area contributed by atoms with E-state index in [4.69, 9.17) is 4.74 Å². The van der Waals surface area contributed by atoms with E-state index < -0.39 is 0 Å². The highest BCUT2D eigenvalue weighted by Gasteiger charge is 2.13. The summed E-state index contributed by atoms with van der Waals surface area (Å²) < 4.78 is 5.82. The molecule has 1 aromatic rings. The fourth-order valence-corrected chi connectivity index (χ4v) is 2.99. The number of amides is 2. The molecule has 1 aromatic carbocycles. The first kappa shape index (κ1) is 19.4. The Bertz CT molecular complexity index is 580. The maximum atomic E-state index is 12.1. The predicted molar refractivity (Wildman–Crippen MR) is 98.7 cm³/mol. The van der Waals surface area contributed by atoms with Gasteiger partial charge in [-0.3, -0.25) is 9.59 Å². The average molecular weight is 346 g/mol. The van der Waals surface area contributed by atoms with E-state index in [-0.39, 0.29) is 18.4 Å². The van der Waals surface area contributed by atoms with E-state index in [1.807, 2.05) is 26.0 Å². The minimum Gasteiger partial charge on any atom is -0.378 e. The number of ether oxygens (including phenoxy) is 1. The lowest BCUT2D eigenvalue weighted by molar-refractivity contribution is -0.120. The van der Waals surface area contributed by atoms with Crippen LogP contribution >= 0.6 is 0 Å². The lowest BCUT2D eigenvalue weighted by atomic mass is 9.98. The highest BCUT2D eigenvalue weighted by molar-refractivity contribution is 5.96. The van der Waals surface area contributed by atoms with E-state index in [1.165, 1.54) is 19.3 Å². The number of nitrogens with one attached hydrogen (secondary N) is 2. The molecule has 2 amide bonds. The van der Waals surface area contributed by atoms with Gasteiger partial charge in [0.15, 0.2) is 0 Å². The molecule has 1 saturated carbocycles. The summed E-state index contributed by atoms with van der Waals surface area (Å²) in [6.45, 7) is 5.22. The summed E-state index contributed by atoms with van der Waals surface area (Å²) in [5.41, 5.74) is 2.79. The quantitative estimate of drug-likeness (QED) is 0.711. The first-order chi connectivity index (χ1) is 12.1. The fourth-order valence-electron chi connectivity index (χ4n) is 2.99. The molecule has 2 rings (SSSR count). The monoisotopic (exact) mass is 346 g/mol. The molecule has 0 atom stereocenters. The van der Waals surface area contributed by atoms with Crippen LogP contribution in [-0.2, 0) is 9.53 Å². The Balaban J connectivity index is 1.57. The molecular formula is C20H30N2O3. The van der Waals surface area contributed by atoms with Crippen molar-refractivity contribution in [3.8, 4) is 0 Å². The van der Waals surface area contributed by atoms with E-state index >= 15 is 0 Å². The summed E-state index contributed by atoms with van der Waals surface area (Å²) >= 11 is 0. The molecule has 5 heteroatoms. The van der Waals surface area contributed by atoms with Gasteiger partial charge in [0.05, 0.1) is 12.6 Å². The molecule has 1 aliphatic rings. The van der Waals surface area contributed by atoms with Crippen LogP contribution in [0.2, 0.25) is 0 Å². The minimum atomic E-state index is -0.223. The van der Waals surface area contributed by atoms with Gasteiger partial charge in [-0.1, -0.05) is 25.3 Å². The van der Waals surface area contributed by atoms with Crippen LogP contribution in [0.1, 0.15) is 60.0 Å². The smallest absolute Gasteiger partial charge is 0.251 e. The zero-order valence-electron chi connectivity index (χ0n) is 15.4. The third kappa shape index (κ3) is 6.86. The number of carbonyl (C=O) groups is 2. The Morgan fingerprint density at radius 3 is 2.56 bits per heavy atom. The number of aryl methyl sites for hydroxylation is 2. The van der Waals surface area contributed by atoms with Crippen LogP contribution in [0.4, 0.5) is 0 Å². The van der Waals surface area contributed by atoms with Gasteiger partial charge >= 0.3 is 0 Å². The normalized spacial score (nSPS) is 15.0. The molecule has 0 bridgehead atoms. The first-order valence-electron chi connectivity index (χ1n) is 9.30. The summed E-state index contributed by atoms with van der Waals surface area (Å²) in [4.78, 5) is 23.9. The molecular weight excluding hydrogens is 316 g/mol. The SMILES string of the molecule is Cc1ccc(C(=O)NCC(=O)NCCCOC2CCCCC2)cc1C. The van der Waals surface area contributed by atoms with Crippen LogP contribution < -0.4 is 10.6 Å². The molecule has 0 heterocycles. The summed E-state index contributed by atoms with van der Waals surface area (Å²) in [6.07, 6.45) is 7.38. The largest absolute Gasteiger partial charge is 0.378 e. The fraction of sp³-hybridized carbons (Fsp3) is 0.600. The van der Waals surface area contributed by atoms with Gasteiger partial charge in [-0.15, -0.1) is 0 Å². The molecule has 0 aliphatic heterocycles. The number of carbonyl (C=O) groups excluding carboxylic acids is 2. The molecule has 138 valence electrons. The van der Waals surface area contributed by atoms with Gasteiger partial charge < -0.3 is 15.4 Å². The summed E-state index contributed by atoms with van der Waals surface area (Å²) in [7, 11) is 0. The van der Waals surface area contributed by atoms with Crippen LogP contribution in [0.3, 0.4) is 0 Å². The van der Waals surface area contributed by atoms with E-state index in [0.29, 0.717) is 24.8 Å². The van der Waals surface area contributed by atoms with Gasteiger partial charge in [-0.25, -0.2) is 0 Å². The van der Waals surface area contributed by atoms with Gasteiger partial charge in [0, 0.05) is 18.7 Å².